The van der Waals surface area contributed by atoms with Crippen molar-refractivity contribution in [2.75, 3.05) is 0 Å². The number of hydrogen-bond donors (Lipinski definition) is 0. The fraction of sp³-hybridized carbons (Fsp3) is 0.909. The predicted octanol–water partition coefficient (Wildman–Crippen LogP) is 10.7. The Morgan fingerprint density at radius 1 is 0.486 bits per heavy atom. The van der Waals surface area contributed by atoms with Gasteiger partial charge in [0.15, 0.2) is 0 Å². The highest BCUT2D eigenvalue weighted by atomic mass is 15.1. The van der Waals surface area contributed by atoms with Gasteiger partial charge in [0, 0.05) is 6.42 Å². The molecule has 1 aromatic rings. The van der Waals surface area contributed by atoms with Gasteiger partial charge in [0.05, 0.1) is 13.1 Å². The van der Waals surface area contributed by atoms with Crippen LogP contribution in [0.3, 0.4) is 0 Å². The largest absolute Gasteiger partial charge is 0.256 e. The maximum atomic E-state index is 2.59. The van der Waals surface area contributed by atoms with Gasteiger partial charge in [-0.25, -0.2) is 9.13 Å². The maximum Gasteiger partial charge on any atom is 0.256 e. The Labute approximate surface area is 221 Å². The van der Waals surface area contributed by atoms with Gasteiger partial charge in [-0.05, 0) is 32.1 Å². The van der Waals surface area contributed by atoms with Crippen molar-refractivity contribution in [1.82, 2.24) is 4.57 Å². The number of rotatable bonds is 27. The van der Waals surface area contributed by atoms with Gasteiger partial charge in [-0.15, -0.1) is 0 Å². The number of unbranched alkanes of at least 4 members (excludes halogenated alkanes) is 21. The van der Waals surface area contributed by atoms with Crippen molar-refractivity contribution < 1.29 is 4.57 Å². The molecule has 0 saturated carbocycles. The summed E-state index contributed by atoms with van der Waals surface area (Å²) in [6.07, 6.45) is 40.0. The summed E-state index contributed by atoms with van der Waals surface area (Å²) in [6.45, 7) is 9.38. The Morgan fingerprint density at radius 3 is 1.37 bits per heavy atom. The zero-order chi connectivity index (χ0) is 25.2. The van der Waals surface area contributed by atoms with E-state index in [1.54, 1.807) is 5.82 Å². The van der Waals surface area contributed by atoms with E-state index in [2.05, 4.69) is 42.3 Å². The van der Waals surface area contributed by atoms with E-state index in [-0.39, 0.29) is 0 Å². The standard InChI is InChI=1S/C33H65N2/c1-4-7-10-12-14-15-16-17-18-19-20-21-22-24-27-30-35-32-31-34(33(35)28-25-9-6-3)29-26-23-13-11-8-5-2/h31-32H,4-30H2,1-3H3/q+1. The molecule has 0 spiro atoms. The van der Waals surface area contributed by atoms with Crippen molar-refractivity contribution in [2.24, 2.45) is 0 Å². The third kappa shape index (κ3) is 18.2. The Morgan fingerprint density at radius 2 is 0.886 bits per heavy atom. The first kappa shape index (κ1) is 32.2. The second-order valence-corrected chi connectivity index (χ2v) is 11.3. The molecule has 1 rings (SSSR count). The minimum atomic E-state index is 1.22. The van der Waals surface area contributed by atoms with Crippen molar-refractivity contribution in [1.29, 1.82) is 0 Å². The van der Waals surface area contributed by atoms with Crippen molar-refractivity contribution in [2.45, 2.75) is 194 Å². The fourth-order valence-electron chi connectivity index (χ4n) is 5.44. The molecule has 2 heteroatoms. The molecule has 0 fully saturated rings. The van der Waals surface area contributed by atoms with Crippen LogP contribution in [-0.2, 0) is 19.5 Å². The molecule has 0 radical (unpaired) electrons. The van der Waals surface area contributed by atoms with Crippen molar-refractivity contribution in [3.8, 4) is 0 Å². The number of aryl methyl sites for hydroxylation is 2. The van der Waals surface area contributed by atoms with Crippen LogP contribution in [-0.4, -0.2) is 4.57 Å². The van der Waals surface area contributed by atoms with Crippen LogP contribution in [0.15, 0.2) is 12.4 Å². The van der Waals surface area contributed by atoms with Crippen LogP contribution < -0.4 is 4.57 Å². The minimum absolute atomic E-state index is 1.22. The van der Waals surface area contributed by atoms with Gasteiger partial charge in [-0.3, -0.25) is 0 Å². The molecular weight excluding hydrogens is 424 g/mol. The molecule has 1 aromatic heterocycles. The lowest BCUT2D eigenvalue weighted by atomic mass is 10.0. The normalized spacial score (nSPS) is 11.5. The molecule has 0 amide bonds. The molecule has 0 N–H and O–H groups in total. The Hall–Kier alpha value is -0.790. The summed E-state index contributed by atoms with van der Waals surface area (Å²) in [5.41, 5.74) is 0. The lowest BCUT2D eigenvalue weighted by Crippen LogP contribution is -2.37. The molecule has 0 bridgehead atoms. The SMILES string of the molecule is CCCCCCCCCCCCCCCCC[n+]1ccn(CCCCCCCC)c1CCCCC. The molecule has 0 unspecified atom stereocenters. The lowest BCUT2D eigenvalue weighted by Gasteiger charge is -2.06. The quantitative estimate of drug-likeness (QED) is 0.0858. The van der Waals surface area contributed by atoms with E-state index in [0.717, 1.165) is 0 Å². The summed E-state index contributed by atoms with van der Waals surface area (Å²) in [7, 11) is 0. The number of imidazole rings is 1. The molecule has 0 aliphatic carbocycles. The van der Waals surface area contributed by atoms with Gasteiger partial charge in [0.2, 0.25) is 0 Å². The molecule has 0 aliphatic rings. The third-order valence-electron chi connectivity index (χ3n) is 7.85. The average Bonchev–Trinajstić information content (AvgIpc) is 3.25. The summed E-state index contributed by atoms with van der Waals surface area (Å²) in [6, 6.07) is 0. The lowest BCUT2D eigenvalue weighted by molar-refractivity contribution is -0.704. The molecule has 206 valence electrons. The first-order chi connectivity index (χ1) is 17.3. The van der Waals surface area contributed by atoms with Crippen LogP contribution >= 0.6 is 0 Å². The highest BCUT2D eigenvalue weighted by Gasteiger charge is 2.16. The number of aromatic nitrogens is 2. The highest BCUT2D eigenvalue weighted by Crippen LogP contribution is 2.14. The van der Waals surface area contributed by atoms with Gasteiger partial charge < -0.3 is 0 Å². The van der Waals surface area contributed by atoms with E-state index < -0.39 is 0 Å². The smallest absolute Gasteiger partial charge is 0.234 e. The summed E-state index contributed by atoms with van der Waals surface area (Å²) < 4.78 is 5.18. The van der Waals surface area contributed by atoms with Crippen LogP contribution in [0.4, 0.5) is 0 Å². The molecule has 0 aromatic carbocycles. The van der Waals surface area contributed by atoms with E-state index in [4.69, 9.17) is 0 Å². The van der Waals surface area contributed by atoms with Crippen LogP contribution in [0.25, 0.3) is 0 Å². The van der Waals surface area contributed by atoms with Crippen molar-refractivity contribution >= 4 is 0 Å². The van der Waals surface area contributed by atoms with Gasteiger partial charge in [0.25, 0.3) is 5.82 Å². The van der Waals surface area contributed by atoms with Crippen LogP contribution in [0.2, 0.25) is 0 Å². The molecule has 0 atom stereocenters. The van der Waals surface area contributed by atoms with E-state index in [1.165, 1.54) is 174 Å². The average molecular weight is 490 g/mol. The Bertz CT molecular complexity index is 547. The number of hydrogen-bond acceptors (Lipinski definition) is 0. The molecule has 1 heterocycles. The Balaban J connectivity index is 2.12. The third-order valence-corrected chi connectivity index (χ3v) is 7.85. The minimum Gasteiger partial charge on any atom is -0.234 e. The van der Waals surface area contributed by atoms with Gasteiger partial charge >= 0.3 is 0 Å². The van der Waals surface area contributed by atoms with E-state index in [0.29, 0.717) is 0 Å². The van der Waals surface area contributed by atoms with E-state index in [1.807, 2.05) is 0 Å². The second-order valence-electron chi connectivity index (χ2n) is 11.3. The summed E-state index contributed by atoms with van der Waals surface area (Å²) in [5, 5.41) is 0. The highest BCUT2D eigenvalue weighted by molar-refractivity contribution is 4.84. The van der Waals surface area contributed by atoms with E-state index >= 15 is 0 Å². The van der Waals surface area contributed by atoms with Gasteiger partial charge in [0.1, 0.15) is 12.4 Å². The summed E-state index contributed by atoms with van der Waals surface area (Å²) in [5.74, 6) is 1.59. The molecule has 0 aliphatic heterocycles. The van der Waals surface area contributed by atoms with Crippen LogP contribution in [0.1, 0.15) is 181 Å². The monoisotopic (exact) mass is 490 g/mol. The maximum absolute atomic E-state index is 2.59. The molecule has 35 heavy (non-hydrogen) atoms. The van der Waals surface area contributed by atoms with Gasteiger partial charge in [-0.2, -0.15) is 0 Å². The van der Waals surface area contributed by atoms with Crippen molar-refractivity contribution in [3.63, 3.8) is 0 Å². The summed E-state index contributed by atoms with van der Waals surface area (Å²) >= 11 is 0. The topological polar surface area (TPSA) is 8.81 Å². The Kier molecular flexibility index (Phi) is 22.9. The van der Waals surface area contributed by atoms with E-state index in [9.17, 15) is 0 Å². The zero-order valence-corrected chi connectivity index (χ0v) is 24.6. The fourth-order valence-corrected chi connectivity index (χ4v) is 5.44. The number of nitrogens with zero attached hydrogens (tertiary/aromatic N) is 2. The second kappa shape index (κ2) is 24.9. The van der Waals surface area contributed by atoms with Gasteiger partial charge in [-0.1, -0.05) is 143 Å². The van der Waals surface area contributed by atoms with Crippen LogP contribution in [0.5, 0.6) is 0 Å². The summed E-state index contributed by atoms with van der Waals surface area (Å²) in [4.78, 5) is 0. The van der Waals surface area contributed by atoms with Crippen molar-refractivity contribution in [3.05, 3.63) is 18.2 Å². The predicted molar refractivity (Wildman–Crippen MR) is 156 cm³/mol. The first-order valence-corrected chi connectivity index (χ1v) is 16.4. The molecule has 2 nitrogen and oxygen atoms in total. The van der Waals surface area contributed by atoms with Crippen LogP contribution in [0, 0.1) is 0 Å². The zero-order valence-electron chi connectivity index (χ0n) is 24.6. The molecular formula is C33H65N2+. The molecule has 0 saturated heterocycles. The first-order valence-electron chi connectivity index (χ1n) is 16.4.